The summed E-state index contributed by atoms with van der Waals surface area (Å²) >= 11 is 0. The maximum Gasteiger partial charge on any atom is 0.407 e. The summed E-state index contributed by atoms with van der Waals surface area (Å²) in [5, 5.41) is 2.71. The van der Waals surface area contributed by atoms with Crippen LogP contribution in [0.15, 0.2) is 0 Å². The monoisotopic (exact) mass is 216 g/mol. The second-order valence-electron chi connectivity index (χ2n) is 4.22. The van der Waals surface area contributed by atoms with Gasteiger partial charge in [-0.15, -0.1) is 0 Å². The summed E-state index contributed by atoms with van der Waals surface area (Å²) in [6.45, 7) is 6.21. The van der Waals surface area contributed by atoms with Gasteiger partial charge in [0.1, 0.15) is 0 Å². The number of amides is 1. The van der Waals surface area contributed by atoms with E-state index in [0.717, 1.165) is 19.4 Å². The summed E-state index contributed by atoms with van der Waals surface area (Å²) in [6, 6.07) is 0. The van der Waals surface area contributed by atoms with E-state index in [1.807, 2.05) is 19.0 Å². The first-order valence-corrected chi connectivity index (χ1v) is 5.61. The molecule has 0 aliphatic rings. The second kappa shape index (κ2) is 8.53. The molecule has 0 saturated heterocycles. The fourth-order valence-electron chi connectivity index (χ4n) is 1.23. The van der Waals surface area contributed by atoms with Crippen molar-refractivity contribution in [2.45, 2.75) is 26.7 Å². The minimum atomic E-state index is -0.306. The van der Waals surface area contributed by atoms with E-state index < -0.39 is 0 Å². The minimum Gasteiger partial charge on any atom is -0.449 e. The molecule has 0 aromatic rings. The number of hydrogen-bond acceptors (Lipinski definition) is 3. The number of alkyl carbamates (subject to hydrolysis) is 1. The van der Waals surface area contributed by atoms with Crippen molar-refractivity contribution >= 4 is 6.09 Å². The number of ether oxygens (including phenoxy) is 1. The van der Waals surface area contributed by atoms with E-state index in [9.17, 15) is 4.79 Å². The molecular formula is C11H24N2O2. The Hall–Kier alpha value is -0.770. The molecule has 1 amide bonds. The van der Waals surface area contributed by atoms with E-state index in [4.69, 9.17) is 4.74 Å². The lowest BCUT2D eigenvalue weighted by molar-refractivity contribution is 0.127. The highest BCUT2D eigenvalue weighted by Crippen LogP contribution is 2.04. The van der Waals surface area contributed by atoms with Gasteiger partial charge in [-0.3, -0.25) is 0 Å². The number of likely N-dealkylation sites (N-methyl/N-ethyl adjacent to an activating group) is 1. The predicted octanol–water partition coefficient (Wildman–Crippen LogP) is 1.71. The molecule has 1 unspecified atom stereocenters. The molecule has 0 fully saturated rings. The van der Waals surface area contributed by atoms with Gasteiger partial charge in [-0.2, -0.15) is 0 Å². The maximum atomic E-state index is 11.2. The molecule has 4 heteroatoms. The first kappa shape index (κ1) is 14.2. The van der Waals surface area contributed by atoms with Crippen molar-refractivity contribution in [3.05, 3.63) is 0 Å². The Morgan fingerprint density at radius 3 is 2.67 bits per heavy atom. The zero-order valence-corrected chi connectivity index (χ0v) is 10.4. The Labute approximate surface area is 93.0 Å². The molecule has 0 aliphatic heterocycles. The Kier molecular flexibility index (Phi) is 8.09. The Balaban J connectivity index is 3.40. The molecule has 0 saturated carbocycles. The molecular weight excluding hydrogens is 192 g/mol. The van der Waals surface area contributed by atoms with Gasteiger partial charge >= 0.3 is 6.09 Å². The van der Waals surface area contributed by atoms with Crippen LogP contribution in [0.25, 0.3) is 0 Å². The molecule has 15 heavy (non-hydrogen) atoms. The number of carbonyl (C=O) groups is 1. The Morgan fingerprint density at radius 2 is 2.13 bits per heavy atom. The van der Waals surface area contributed by atoms with Crippen LogP contribution in [-0.4, -0.2) is 44.8 Å². The summed E-state index contributed by atoms with van der Waals surface area (Å²) in [5.41, 5.74) is 0. The molecule has 0 radical (unpaired) electrons. The highest BCUT2D eigenvalue weighted by molar-refractivity contribution is 5.67. The summed E-state index contributed by atoms with van der Waals surface area (Å²) < 4.78 is 5.07. The molecule has 0 aliphatic carbocycles. The molecule has 4 nitrogen and oxygen atoms in total. The van der Waals surface area contributed by atoms with Gasteiger partial charge in [0, 0.05) is 13.1 Å². The van der Waals surface area contributed by atoms with E-state index in [-0.39, 0.29) is 6.09 Å². The summed E-state index contributed by atoms with van der Waals surface area (Å²) in [6.07, 6.45) is 1.93. The van der Waals surface area contributed by atoms with E-state index >= 15 is 0 Å². The van der Waals surface area contributed by atoms with E-state index in [1.165, 1.54) is 0 Å². The van der Waals surface area contributed by atoms with Gasteiger partial charge in [0.05, 0.1) is 6.61 Å². The summed E-state index contributed by atoms with van der Waals surface area (Å²) in [5.74, 6) is 0.453. The third-order valence-electron chi connectivity index (χ3n) is 2.11. The fraction of sp³-hybridized carbons (Fsp3) is 0.909. The molecule has 0 aromatic carbocycles. The average molecular weight is 216 g/mol. The first-order valence-electron chi connectivity index (χ1n) is 5.61. The lowest BCUT2D eigenvalue weighted by Gasteiger charge is -2.13. The van der Waals surface area contributed by atoms with Gasteiger partial charge in [-0.25, -0.2) is 4.79 Å². The minimum absolute atomic E-state index is 0.306. The predicted molar refractivity (Wildman–Crippen MR) is 62.0 cm³/mol. The van der Waals surface area contributed by atoms with Crippen LogP contribution in [0.1, 0.15) is 26.7 Å². The molecule has 1 N–H and O–H groups in total. The van der Waals surface area contributed by atoms with Gasteiger partial charge in [-0.05, 0) is 26.4 Å². The quantitative estimate of drug-likeness (QED) is 0.704. The molecule has 1 atom stereocenters. The number of hydrogen-bond donors (Lipinski definition) is 1. The lowest BCUT2D eigenvalue weighted by Crippen LogP contribution is -2.32. The van der Waals surface area contributed by atoms with Crippen molar-refractivity contribution in [1.82, 2.24) is 10.2 Å². The lowest BCUT2D eigenvalue weighted by atomic mass is 10.1. The van der Waals surface area contributed by atoms with Crippen LogP contribution in [-0.2, 0) is 4.74 Å². The zero-order chi connectivity index (χ0) is 11.7. The number of nitrogens with zero attached hydrogens (tertiary/aromatic N) is 1. The Morgan fingerprint density at radius 1 is 1.47 bits per heavy atom. The molecule has 0 spiro atoms. The average Bonchev–Trinajstić information content (AvgIpc) is 2.14. The van der Waals surface area contributed by atoms with Gasteiger partial charge in [0.2, 0.25) is 0 Å². The van der Waals surface area contributed by atoms with Crippen molar-refractivity contribution in [3.63, 3.8) is 0 Å². The van der Waals surface area contributed by atoms with Crippen molar-refractivity contribution < 1.29 is 9.53 Å². The third-order valence-corrected chi connectivity index (χ3v) is 2.11. The largest absolute Gasteiger partial charge is 0.449 e. The highest BCUT2D eigenvalue weighted by Gasteiger charge is 2.05. The second-order valence-corrected chi connectivity index (χ2v) is 4.22. The summed E-state index contributed by atoms with van der Waals surface area (Å²) in [7, 11) is 3.94. The highest BCUT2D eigenvalue weighted by atomic mass is 16.5. The van der Waals surface area contributed by atoms with Crippen molar-refractivity contribution in [1.29, 1.82) is 0 Å². The van der Waals surface area contributed by atoms with Crippen LogP contribution >= 0.6 is 0 Å². The SMILES string of the molecule is CCCC(C)COC(=O)NCCN(C)C. The van der Waals surface area contributed by atoms with E-state index in [0.29, 0.717) is 19.1 Å². The van der Waals surface area contributed by atoms with E-state index in [1.54, 1.807) is 0 Å². The van der Waals surface area contributed by atoms with Crippen LogP contribution < -0.4 is 5.32 Å². The van der Waals surface area contributed by atoms with Crippen LogP contribution in [0, 0.1) is 5.92 Å². The van der Waals surface area contributed by atoms with Crippen molar-refractivity contribution in [2.75, 3.05) is 33.8 Å². The normalized spacial score (nSPS) is 12.6. The maximum absolute atomic E-state index is 11.2. The van der Waals surface area contributed by atoms with Crippen LogP contribution in [0.2, 0.25) is 0 Å². The van der Waals surface area contributed by atoms with Crippen LogP contribution in [0.3, 0.4) is 0 Å². The number of carbonyl (C=O) groups excluding carboxylic acids is 1. The van der Waals surface area contributed by atoms with E-state index in [2.05, 4.69) is 19.2 Å². The fourth-order valence-corrected chi connectivity index (χ4v) is 1.23. The molecule has 0 aromatic heterocycles. The van der Waals surface area contributed by atoms with Gasteiger partial charge in [0.25, 0.3) is 0 Å². The first-order chi connectivity index (χ1) is 7.06. The van der Waals surface area contributed by atoms with Crippen molar-refractivity contribution in [3.8, 4) is 0 Å². The van der Waals surface area contributed by atoms with Gasteiger partial charge in [0.15, 0.2) is 0 Å². The molecule has 0 bridgehead atoms. The zero-order valence-electron chi connectivity index (χ0n) is 10.4. The smallest absolute Gasteiger partial charge is 0.407 e. The molecule has 0 heterocycles. The summed E-state index contributed by atoms with van der Waals surface area (Å²) in [4.78, 5) is 13.2. The molecule has 90 valence electrons. The van der Waals surface area contributed by atoms with Crippen LogP contribution in [0.4, 0.5) is 4.79 Å². The third kappa shape index (κ3) is 9.53. The van der Waals surface area contributed by atoms with Crippen LogP contribution in [0.5, 0.6) is 0 Å². The number of rotatable bonds is 7. The topological polar surface area (TPSA) is 41.6 Å². The number of nitrogens with one attached hydrogen (secondary N) is 1. The van der Waals surface area contributed by atoms with Gasteiger partial charge < -0.3 is 15.0 Å². The van der Waals surface area contributed by atoms with Gasteiger partial charge in [-0.1, -0.05) is 20.3 Å². The Bertz CT molecular complexity index is 172. The van der Waals surface area contributed by atoms with Crippen molar-refractivity contribution in [2.24, 2.45) is 5.92 Å². The molecule has 0 rings (SSSR count). The standard InChI is InChI=1S/C11H24N2O2/c1-5-6-10(2)9-15-11(14)12-7-8-13(3)4/h10H,5-9H2,1-4H3,(H,12,14).